The zero-order valence-electron chi connectivity index (χ0n) is 22.1. The summed E-state index contributed by atoms with van der Waals surface area (Å²) in [5.41, 5.74) is 2.90. The predicted molar refractivity (Wildman–Crippen MR) is 176 cm³/mol. The largest absolute Gasteiger partial charge is 0.496 e. The number of allylic oxidation sites excluding steroid dienone is 1. The number of hydrogen-bond acceptors (Lipinski definition) is 7. The number of benzene rings is 3. The molecule has 1 aliphatic rings. The number of esters is 1. The first-order chi connectivity index (χ1) is 19.7. The Hall–Kier alpha value is -2.68. The number of thiazole rings is 1. The van der Waals surface area contributed by atoms with Gasteiger partial charge in [0.25, 0.3) is 5.56 Å². The van der Waals surface area contributed by atoms with Gasteiger partial charge in [-0.15, -0.1) is 0 Å². The molecule has 0 N–H and O–H groups in total. The molecule has 0 fully saturated rings. The third-order valence-corrected chi connectivity index (χ3v) is 9.28. The summed E-state index contributed by atoms with van der Waals surface area (Å²) < 4.78 is 20.6. The Balaban J connectivity index is 1.61. The Kier molecular flexibility index (Phi) is 9.21. The molecule has 0 unspecified atom stereocenters. The smallest absolute Gasteiger partial charge is 0.338 e. The Morgan fingerprint density at radius 2 is 1.80 bits per heavy atom. The Labute approximate surface area is 272 Å². The molecular weight excluding hydrogens is 790 g/mol. The van der Waals surface area contributed by atoms with Crippen molar-refractivity contribution in [2.45, 2.75) is 19.6 Å². The second-order valence-corrected chi connectivity index (χ2v) is 12.8. The molecule has 4 aromatic rings. The number of methoxy groups -OCH3 is 2. The second kappa shape index (κ2) is 12.7. The molecule has 7 nitrogen and oxygen atoms in total. The van der Waals surface area contributed by atoms with Crippen LogP contribution in [0.15, 0.2) is 81.7 Å². The van der Waals surface area contributed by atoms with Crippen molar-refractivity contribution in [2.75, 3.05) is 14.2 Å². The minimum atomic E-state index is -0.830. The summed E-state index contributed by atoms with van der Waals surface area (Å²) >= 11 is 12.1. The fourth-order valence-electron chi connectivity index (χ4n) is 4.59. The van der Waals surface area contributed by atoms with E-state index in [-0.39, 0.29) is 11.1 Å². The third-order valence-electron chi connectivity index (χ3n) is 6.46. The standard InChI is InChI=1S/C30H23ClI2N2O5S/c1-16-25(29(37)39-3)26(20-14-19(31)9-10-23(20)38-2)35-28(36)24(41-30(35)34-16)13-18-11-21(32)27(22(33)12-18)40-15-17-7-5-4-6-8-17/h4-14,26H,15H2,1-3H3/b24-13-/t26-/m0/s1. The maximum atomic E-state index is 14.0. The highest BCUT2D eigenvalue weighted by molar-refractivity contribution is 14.1. The fraction of sp³-hybridized carbons (Fsp3) is 0.167. The highest BCUT2D eigenvalue weighted by Crippen LogP contribution is 2.37. The molecule has 5 rings (SSSR count). The van der Waals surface area contributed by atoms with Crippen LogP contribution in [0.2, 0.25) is 5.02 Å². The van der Waals surface area contributed by atoms with E-state index in [2.05, 4.69) is 50.2 Å². The lowest BCUT2D eigenvalue weighted by molar-refractivity contribution is -0.136. The highest BCUT2D eigenvalue weighted by Gasteiger charge is 2.35. The number of rotatable bonds is 7. The number of hydrogen-bond donors (Lipinski definition) is 0. The molecule has 3 aromatic carbocycles. The highest BCUT2D eigenvalue weighted by atomic mass is 127. The van der Waals surface area contributed by atoms with Crippen molar-refractivity contribution in [1.82, 2.24) is 4.57 Å². The molecule has 0 radical (unpaired) electrons. The molecule has 1 aliphatic heterocycles. The normalized spacial score (nSPS) is 14.9. The number of carbonyl (C=O) groups excluding carboxylic acids is 1. The summed E-state index contributed by atoms with van der Waals surface area (Å²) in [6.45, 7) is 2.19. The first-order valence-corrected chi connectivity index (χ1v) is 15.7. The van der Waals surface area contributed by atoms with E-state index in [1.54, 1.807) is 25.1 Å². The molecule has 41 heavy (non-hydrogen) atoms. The van der Waals surface area contributed by atoms with Gasteiger partial charge in [-0.05, 0) is 99.6 Å². The number of carbonyl (C=O) groups is 1. The van der Waals surface area contributed by atoms with Crippen molar-refractivity contribution >= 4 is 80.2 Å². The zero-order chi connectivity index (χ0) is 29.3. The maximum absolute atomic E-state index is 14.0. The minimum Gasteiger partial charge on any atom is -0.496 e. The average molecular weight is 813 g/mol. The molecule has 210 valence electrons. The van der Waals surface area contributed by atoms with E-state index in [1.807, 2.05) is 48.5 Å². The van der Waals surface area contributed by atoms with Crippen LogP contribution in [0.1, 0.15) is 29.7 Å². The van der Waals surface area contributed by atoms with Gasteiger partial charge >= 0.3 is 5.97 Å². The van der Waals surface area contributed by atoms with Crippen molar-refractivity contribution < 1.29 is 19.0 Å². The summed E-state index contributed by atoms with van der Waals surface area (Å²) in [6, 6.07) is 18.2. The van der Waals surface area contributed by atoms with Crippen molar-refractivity contribution in [1.29, 1.82) is 0 Å². The molecule has 0 saturated carbocycles. The maximum Gasteiger partial charge on any atom is 0.338 e. The molecule has 0 aliphatic carbocycles. The summed E-state index contributed by atoms with van der Waals surface area (Å²) in [5, 5.41) is 0.445. The molecular formula is C30H23ClI2N2O5S. The van der Waals surface area contributed by atoms with E-state index in [0.29, 0.717) is 38.0 Å². The van der Waals surface area contributed by atoms with Crippen LogP contribution in [-0.4, -0.2) is 24.8 Å². The van der Waals surface area contributed by atoms with Crippen LogP contribution in [0.5, 0.6) is 11.5 Å². The van der Waals surface area contributed by atoms with Gasteiger partial charge in [0.05, 0.1) is 37.2 Å². The lowest BCUT2D eigenvalue weighted by Crippen LogP contribution is -2.40. The number of nitrogens with zero attached hydrogens (tertiary/aromatic N) is 2. The third kappa shape index (κ3) is 6.11. The molecule has 0 spiro atoms. The lowest BCUT2D eigenvalue weighted by atomic mass is 9.95. The summed E-state index contributed by atoms with van der Waals surface area (Å²) in [6.07, 6.45) is 1.83. The van der Waals surface area contributed by atoms with Gasteiger partial charge in [0, 0.05) is 10.6 Å². The first kappa shape index (κ1) is 29.8. The Morgan fingerprint density at radius 1 is 1.10 bits per heavy atom. The van der Waals surface area contributed by atoms with Gasteiger partial charge in [0.15, 0.2) is 4.80 Å². The first-order valence-electron chi connectivity index (χ1n) is 12.3. The molecule has 0 amide bonds. The minimum absolute atomic E-state index is 0.246. The van der Waals surface area contributed by atoms with Gasteiger partial charge in [-0.1, -0.05) is 53.3 Å². The van der Waals surface area contributed by atoms with Crippen molar-refractivity contribution in [2.24, 2.45) is 4.99 Å². The molecule has 0 saturated heterocycles. The van der Waals surface area contributed by atoms with Crippen LogP contribution in [0.4, 0.5) is 0 Å². The van der Waals surface area contributed by atoms with E-state index in [1.165, 1.54) is 30.1 Å². The molecule has 2 heterocycles. The van der Waals surface area contributed by atoms with E-state index < -0.39 is 12.0 Å². The van der Waals surface area contributed by atoms with Crippen LogP contribution in [0.3, 0.4) is 0 Å². The van der Waals surface area contributed by atoms with Gasteiger partial charge in [-0.25, -0.2) is 9.79 Å². The number of aromatic nitrogens is 1. The average Bonchev–Trinajstić information content (AvgIpc) is 3.25. The number of halogens is 3. The SMILES string of the molecule is COC(=O)C1=C(C)N=c2s/c(=C\c3cc(I)c(OCc4ccccc4)c(I)c3)c(=O)n2[C@H]1c1cc(Cl)ccc1OC. The Morgan fingerprint density at radius 3 is 2.46 bits per heavy atom. The molecule has 0 bridgehead atoms. The van der Waals surface area contributed by atoms with Crippen molar-refractivity contribution in [3.05, 3.63) is 120 Å². The quantitative estimate of drug-likeness (QED) is 0.173. The second-order valence-electron chi connectivity index (χ2n) is 9.05. The van der Waals surface area contributed by atoms with Gasteiger partial charge in [0.2, 0.25) is 0 Å². The van der Waals surface area contributed by atoms with Gasteiger partial charge in [-0.2, -0.15) is 0 Å². The van der Waals surface area contributed by atoms with Gasteiger partial charge in [-0.3, -0.25) is 9.36 Å². The van der Waals surface area contributed by atoms with Crippen LogP contribution in [0.25, 0.3) is 6.08 Å². The fourth-order valence-corrected chi connectivity index (χ4v) is 7.94. The topological polar surface area (TPSA) is 79.1 Å². The van der Waals surface area contributed by atoms with Gasteiger partial charge in [0.1, 0.15) is 24.1 Å². The van der Waals surface area contributed by atoms with Crippen molar-refractivity contribution in [3.8, 4) is 11.5 Å². The molecule has 1 atom stereocenters. The van der Waals surface area contributed by atoms with Gasteiger partial charge < -0.3 is 14.2 Å². The van der Waals surface area contributed by atoms with E-state index in [4.69, 9.17) is 25.8 Å². The predicted octanol–water partition coefficient (Wildman–Crippen LogP) is 5.86. The number of fused-ring (bicyclic) bond motifs is 1. The van der Waals surface area contributed by atoms with E-state index in [9.17, 15) is 9.59 Å². The van der Waals surface area contributed by atoms with E-state index in [0.717, 1.165) is 24.0 Å². The Bertz CT molecular complexity index is 1840. The molecule has 1 aromatic heterocycles. The summed E-state index contributed by atoms with van der Waals surface area (Å²) in [5.74, 6) is 0.697. The number of ether oxygens (including phenoxy) is 3. The van der Waals surface area contributed by atoms with Crippen LogP contribution < -0.4 is 24.4 Å². The van der Waals surface area contributed by atoms with Crippen LogP contribution in [-0.2, 0) is 16.1 Å². The van der Waals surface area contributed by atoms with Crippen LogP contribution >= 0.6 is 68.1 Å². The van der Waals surface area contributed by atoms with Crippen molar-refractivity contribution in [3.63, 3.8) is 0 Å². The molecule has 11 heteroatoms. The lowest BCUT2D eigenvalue weighted by Gasteiger charge is -2.25. The summed E-state index contributed by atoms with van der Waals surface area (Å²) in [7, 11) is 2.83. The monoisotopic (exact) mass is 812 g/mol. The van der Waals surface area contributed by atoms with Crippen LogP contribution in [0, 0.1) is 7.14 Å². The van der Waals surface area contributed by atoms with E-state index >= 15 is 0 Å². The zero-order valence-corrected chi connectivity index (χ0v) is 28.0. The summed E-state index contributed by atoms with van der Waals surface area (Å²) in [4.78, 5) is 32.0.